The number of carboxylic acids is 1. The fraction of sp³-hybridized carbons (Fsp3) is 0.292. The number of aromatic carboxylic acids is 1. The number of aromatic nitrogens is 1. The number of nitrogens with zero attached hydrogens (tertiary/aromatic N) is 2. The van der Waals surface area contributed by atoms with Crippen molar-refractivity contribution in [3.63, 3.8) is 0 Å². The van der Waals surface area contributed by atoms with Crippen molar-refractivity contribution in [3.05, 3.63) is 77.1 Å². The van der Waals surface area contributed by atoms with Crippen LogP contribution in [0.2, 0.25) is 0 Å². The van der Waals surface area contributed by atoms with E-state index in [9.17, 15) is 14.7 Å². The molecule has 0 saturated heterocycles. The Kier molecular flexibility index (Phi) is 6.06. The van der Waals surface area contributed by atoms with Gasteiger partial charge in [0.1, 0.15) is 5.60 Å². The third-order valence-electron chi connectivity index (χ3n) is 4.63. The first kappa shape index (κ1) is 21.3. The zero-order valence-electron chi connectivity index (χ0n) is 17.7. The van der Waals surface area contributed by atoms with E-state index in [1.165, 1.54) is 0 Å². The summed E-state index contributed by atoms with van der Waals surface area (Å²) in [5, 5.41) is 11.1. The second kappa shape index (κ2) is 8.53. The number of carbonyl (C=O) groups excluding carboxylic acids is 1. The average molecular weight is 406 g/mol. The molecule has 0 spiro atoms. The molecule has 0 atom stereocenters. The van der Waals surface area contributed by atoms with Gasteiger partial charge in [-0.15, -0.1) is 0 Å². The van der Waals surface area contributed by atoms with Crippen LogP contribution in [0, 0.1) is 6.92 Å². The normalized spacial score (nSPS) is 11.3. The lowest BCUT2D eigenvalue weighted by atomic mass is 9.95. The summed E-state index contributed by atoms with van der Waals surface area (Å²) in [5.74, 6) is -0.965. The van der Waals surface area contributed by atoms with Crippen molar-refractivity contribution < 1.29 is 19.4 Å². The van der Waals surface area contributed by atoms with Crippen molar-refractivity contribution in [2.75, 3.05) is 0 Å². The standard InChI is InChI=1S/C24H26N2O4/c1-16-13-17(19-10-5-6-11-20(19)21(16)22(27)28)14-26(23(29)30-24(2,3)4)15-18-9-7-8-12-25-18/h5-13H,14-15H2,1-4H3,(H,27,28). The predicted molar refractivity (Wildman–Crippen MR) is 115 cm³/mol. The smallest absolute Gasteiger partial charge is 0.410 e. The molecule has 0 radical (unpaired) electrons. The van der Waals surface area contributed by atoms with Crippen LogP contribution in [0.5, 0.6) is 0 Å². The summed E-state index contributed by atoms with van der Waals surface area (Å²) in [6, 6.07) is 14.7. The number of amides is 1. The van der Waals surface area contributed by atoms with Crippen molar-refractivity contribution in [1.82, 2.24) is 9.88 Å². The van der Waals surface area contributed by atoms with Crippen molar-refractivity contribution in [1.29, 1.82) is 0 Å². The number of aryl methyl sites for hydroxylation is 1. The van der Waals surface area contributed by atoms with Crippen LogP contribution in [0.3, 0.4) is 0 Å². The second-order valence-electron chi connectivity index (χ2n) is 8.24. The topological polar surface area (TPSA) is 79.7 Å². The number of ether oxygens (including phenoxy) is 1. The van der Waals surface area contributed by atoms with Crippen LogP contribution in [-0.4, -0.2) is 32.7 Å². The van der Waals surface area contributed by atoms with Gasteiger partial charge in [-0.05, 0) is 61.7 Å². The highest BCUT2D eigenvalue weighted by Gasteiger charge is 2.24. The van der Waals surface area contributed by atoms with Gasteiger partial charge in [0.05, 0.1) is 24.3 Å². The molecule has 156 valence electrons. The minimum Gasteiger partial charge on any atom is -0.478 e. The Bertz CT molecular complexity index is 1070. The van der Waals surface area contributed by atoms with Gasteiger partial charge in [-0.25, -0.2) is 9.59 Å². The van der Waals surface area contributed by atoms with E-state index in [1.807, 2.05) is 63.2 Å². The zero-order chi connectivity index (χ0) is 21.9. The van der Waals surface area contributed by atoms with Crippen molar-refractivity contribution in [2.45, 2.75) is 46.4 Å². The fourth-order valence-electron chi connectivity index (χ4n) is 3.42. The maximum Gasteiger partial charge on any atom is 0.410 e. The molecule has 30 heavy (non-hydrogen) atoms. The van der Waals surface area contributed by atoms with Gasteiger partial charge in [-0.3, -0.25) is 9.88 Å². The molecule has 1 amide bonds. The van der Waals surface area contributed by atoms with Crippen LogP contribution in [0.4, 0.5) is 4.79 Å². The third kappa shape index (κ3) is 4.95. The largest absolute Gasteiger partial charge is 0.478 e. The van der Waals surface area contributed by atoms with Crippen LogP contribution < -0.4 is 0 Å². The lowest BCUT2D eigenvalue weighted by Crippen LogP contribution is -2.36. The molecule has 6 heteroatoms. The van der Waals surface area contributed by atoms with Gasteiger partial charge in [0.2, 0.25) is 0 Å². The molecular weight excluding hydrogens is 380 g/mol. The summed E-state index contributed by atoms with van der Waals surface area (Å²) < 4.78 is 5.61. The first-order chi connectivity index (χ1) is 14.2. The van der Waals surface area contributed by atoms with E-state index in [1.54, 1.807) is 24.1 Å². The monoisotopic (exact) mass is 406 g/mol. The molecule has 1 N–H and O–H groups in total. The second-order valence-corrected chi connectivity index (χ2v) is 8.24. The molecule has 2 aromatic carbocycles. The molecule has 0 unspecified atom stereocenters. The van der Waals surface area contributed by atoms with Crippen molar-refractivity contribution in [2.24, 2.45) is 0 Å². The molecule has 3 aromatic rings. The van der Waals surface area contributed by atoms with Crippen LogP contribution in [0.1, 0.15) is 48.0 Å². The molecule has 6 nitrogen and oxygen atoms in total. The molecule has 1 aromatic heterocycles. The zero-order valence-corrected chi connectivity index (χ0v) is 17.7. The van der Waals surface area contributed by atoms with E-state index >= 15 is 0 Å². The van der Waals surface area contributed by atoms with Gasteiger partial charge in [-0.1, -0.05) is 36.4 Å². The van der Waals surface area contributed by atoms with E-state index in [-0.39, 0.29) is 18.7 Å². The fourth-order valence-corrected chi connectivity index (χ4v) is 3.42. The minimum absolute atomic E-state index is 0.271. The average Bonchev–Trinajstić information content (AvgIpc) is 2.66. The van der Waals surface area contributed by atoms with Gasteiger partial charge in [0.25, 0.3) is 0 Å². The highest BCUT2D eigenvalue weighted by Crippen LogP contribution is 2.28. The number of carboxylic acid groups (broad SMARTS) is 1. The van der Waals surface area contributed by atoms with Crippen molar-refractivity contribution >= 4 is 22.8 Å². The van der Waals surface area contributed by atoms with E-state index in [0.717, 1.165) is 16.6 Å². The summed E-state index contributed by atoms with van der Waals surface area (Å²) in [6.07, 6.45) is 1.24. The molecule has 0 saturated carbocycles. The van der Waals surface area contributed by atoms with Crippen LogP contribution in [-0.2, 0) is 17.8 Å². The Labute approximate surface area is 176 Å². The molecule has 1 heterocycles. The van der Waals surface area contributed by atoms with Gasteiger partial charge in [0.15, 0.2) is 0 Å². The highest BCUT2D eigenvalue weighted by atomic mass is 16.6. The van der Waals surface area contributed by atoms with Crippen molar-refractivity contribution in [3.8, 4) is 0 Å². The molecular formula is C24H26N2O4. The van der Waals surface area contributed by atoms with Crippen LogP contribution >= 0.6 is 0 Å². The Morgan fingerprint density at radius 1 is 1.03 bits per heavy atom. The van der Waals surface area contributed by atoms with Gasteiger partial charge >= 0.3 is 12.1 Å². The Morgan fingerprint density at radius 2 is 1.70 bits per heavy atom. The van der Waals surface area contributed by atoms with Gasteiger partial charge in [0, 0.05) is 6.20 Å². The number of hydrogen-bond donors (Lipinski definition) is 1. The maximum atomic E-state index is 12.9. The number of fused-ring (bicyclic) bond motifs is 1. The number of benzene rings is 2. The third-order valence-corrected chi connectivity index (χ3v) is 4.63. The van der Waals surface area contributed by atoms with E-state index in [2.05, 4.69) is 4.98 Å². The Hall–Kier alpha value is -3.41. The summed E-state index contributed by atoms with van der Waals surface area (Å²) >= 11 is 0. The number of rotatable bonds is 5. The number of carbonyl (C=O) groups is 2. The van der Waals surface area contributed by atoms with Crippen LogP contribution in [0.25, 0.3) is 10.8 Å². The first-order valence-corrected chi connectivity index (χ1v) is 9.78. The summed E-state index contributed by atoms with van der Waals surface area (Å²) in [6.45, 7) is 7.80. The van der Waals surface area contributed by atoms with Gasteiger partial charge in [-0.2, -0.15) is 0 Å². The first-order valence-electron chi connectivity index (χ1n) is 9.78. The summed E-state index contributed by atoms with van der Waals surface area (Å²) in [5.41, 5.74) is 1.90. The summed E-state index contributed by atoms with van der Waals surface area (Å²) in [4.78, 5) is 30.6. The SMILES string of the molecule is Cc1cc(CN(Cc2ccccn2)C(=O)OC(C)(C)C)c2ccccc2c1C(=O)O. The molecule has 0 aliphatic carbocycles. The highest BCUT2D eigenvalue weighted by molar-refractivity contribution is 6.06. The lowest BCUT2D eigenvalue weighted by Gasteiger charge is -2.28. The van der Waals surface area contributed by atoms with Gasteiger partial charge < -0.3 is 9.84 Å². The minimum atomic E-state index is -0.965. The quantitative estimate of drug-likeness (QED) is 0.632. The molecule has 0 fully saturated rings. The van der Waals surface area contributed by atoms with E-state index in [4.69, 9.17) is 4.74 Å². The Balaban J connectivity index is 2.03. The van der Waals surface area contributed by atoms with Crippen LogP contribution in [0.15, 0.2) is 54.7 Å². The van der Waals surface area contributed by atoms with E-state index < -0.39 is 17.7 Å². The molecule has 0 aliphatic heterocycles. The molecule has 0 aliphatic rings. The molecule has 0 bridgehead atoms. The lowest BCUT2D eigenvalue weighted by molar-refractivity contribution is 0.0214. The van der Waals surface area contributed by atoms with E-state index in [0.29, 0.717) is 10.9 Å². The number of pyridine rings is 1. The predicted octanol–water partition coefficient (Wildman–Crippen LogP) is 5.18. The maximum absolute atomic E-state index is 12.9. The number of hydrogen-bond acceptors (Lipinski definition) is 4. The Morgan fingerprint density at radius 3 is 2.30 bits per heavy atom. The summed E-state index contributed by atoms with van der Waals surface area (Å²) in [7, 11) is 0. The molecule has 3 rings (SSSR count).